The third kappa shape index (κ3) is 8.28. The first-order valence-corrected chi connectivity index (χ1v) is 14.9. The van der Waals surface area contributed by atoms with Gasteiger partial charge in [-0.05, 0) is 62.6 Å². The Hall–Kier alpha value is -0.733. The maximum Gasteiger partial charge on any atom is 0.303 e. The number of allylic oxidation sites excluding steroid dienone is 2. The molecule has 1 heterocycles. The van der Waals surface area contributed by atoms with E-state index in [9.17, 15) is 9.90 Å². The second-order valence-corrected chi connectivity index (χ2v) is 15.5. The lowest BCUT2D eigenvalue weighted by Crippen LogP contribution is -2.44. The van der Waals surface area contributed by atoms with Crippen molar-refractivity contribution in [3.8, 4) is 0 Å². The van der Waals surface area contributed by atoms with E-state index in [4.69, 9.17) is 19.0 Å². The Labute approximate surface area is 189 Å². The van der Waals surface area contributed by atoms with Crippen molar-refractivity contribution < 1.29 is 28.9 Å². The number of hydrogen-bond donors (Lipinski definition) is 2. The van der Waals surface area contributed by atoms with Gasteiger partial charge in [-0.25, -0.2) is 0 Å². The largest absolute Gasteiger partial charge is 0.481 e. The SMILES string of the molecule is CC(C)(C)[Si](C)(C)OC[C@@H]1[C@@H](CC=CCCCC(=O)O)[C@@H](O)C[C@H]1OC1CCCCO1. The highest BCUT2D eigenvalue weighted by Crippen LogP contribution is 2.42. The molecule has 180 valence electrons. The highest BCUT2D eigenvalue weighted by molar-refractivity contribution is 6.74. The zero-order chi connectivity index (χ0) is 23.1. The van der Waals surface area contributed by atoms with Gasteiger partial charge in [0, 0.05) is 32.0 Å². The summed E-state index contributed by atoms with van der Waals surface area (Å²) in [5.41, 5.74) is 0. The zero-order valence-corrected chi connectivity index (χ0v) is 21.1. The van der Waals surface area contributed by atoms with E-state index in [2.05, 4.69) is 39.9 Å². The molecule has 0 radical (unpaired) electrons. The molecular formula is C24H44O6Si. The lowest BCUT2D eigenvalue weighted by Gasteiger charge is -2.38. The first-order valence-electron chi connectivity index (χ1n) is 12.0. The van der Waals surface area contributed by atoms with Crippen LogP contribution in [0.5, 0.6) is 0 Å². The van der Waals surface area contributed by atoms with Crippen LogP contribution in [0.25, 0.3) is 0 Å². The van der Waals surface area contributed by atoms with Crippen molar-refractivity contribution in [2.45, 2.75) is 109 Å². The molecule has 1 saturated carbocycles. The second-order valence-electron chi connectivity index (χ2n) is 10.7. The Balaban J connectivity index is 2.01. The molecule has 2 rings (SSSR count). The van der Waals surface area contributed by atoms with Gasteiger partial charge < -0.3 is 24.1 Å². The molecular weight excluding hydrogens is 412 g/mol. The minimum Gasteiger partial charge on any atom is -0.481 e. The summed E-state index contributed by atoms with van der Waals surface area (Å²) >= 11 is 0. The Bertz CT molecular complexity index is 579. The van der Waals surface area contributed by atoms with Crippen LogP contribution in [-0.4, -0.2) is 56.2 Å². The van der Waals surface area contributed by atoms with Crippen LogP contribution < -0.4 is 0 Å². The fourth-order valence-corrected chi connectivity index (χ4v) is 5.19. The number of aliphatic hydroxyl groups excluding tert-OH is 1. The molecule has 5 atom stereocenters. The van der Waals surface area contributed by atoms with Crippen molar-refractivity contribution in [2.75, 3.05) is 13.2 Å². The third-order valence-corrected chi connectivity index (χ3v) is 11.7. The van der Waals surface area contributed by atoms with Gasteiger partial charge in [-0.3, -0.25) is 4.79 Å². The number of aliphatic carboxylic acids is 1. The molecule has 6 nitrogen and oxygen atoms in total. The fraction of sp³-hybridized carbons (Fsp3) is 0.875. The van der Waals surface area contributed by atoms with Crippen molar-refractivity contribution >= 4 is 14.3 Å². The van der Waals surface area contributed by atoms with Gasteiger partial charge in [-0.2, -0.15) is 0 Å². The fourth-order valence-electron chi connectivity index (χ4n) is 4.14. The number of hydrogen-bond acceptors (Lipinski definition) is 5. The smallest absolute Gasteiger partial charge is 0.303 e. The predicted molar refractivity (Wildman–Crippen MR) is 124 cm³/mol. The van der Waals surface area contributed by atoms with Gasteiger partial charge in [0.1, 0.15) is 0 Å². The average Bonchev–Trinajstić information content (AvgIpc) is 2.97. The number of carboxylic acids is 1. The van der Waals surface area contributed by atoms with Gasteiger partial charge in [0.05, 0.1) is 12.2 Å². The number of carbonyl (C=O) groups is 1. The van der Waals surface area contributed by atoms with E-state index < -0.39 is 20.4 Å². The van der Waals surface area contributed by atoms with Gasteiger partial charge in [0.15, 0.2) is 14.6 Å². The predicted octanol–water partition coefficient (Wildman–Crippen LogP) is 5.12. The highest BCUT2D eigenvalue weighted by Gasteiger charge is 2.46. The number of ether oxygens (including phenoxy) is 2. The third-order valence-electron chi connectivity index (χ3n) is 7.24. The van der Waals surface area contributed by atoms with Gasteiger partial charge in [-0.15, -0.1) is 0 Å². The van der Waals surface area contributed by atoms with E-state index in [-0.39, 0.29) is 35.7 Å². The van der Waals surface area contributed by atoms with Crippen LogP contribution in [0.3, 0.4) is 0 Å². The van der Waals surface area contributed by atoms with Crippen molar-refractivity contribution in [1.29, 1.82) is 0 Å². The van der Waals surface area contributed by atoms with Crippen molar-refractivity contribution in [3.05, 3.63) is 12.2 Å². The molecule has 1 unspecified atom stereocenters. The minimum atomic E-state index is -1.91. The Kier molecular flexibility index (Phi) is 10.2. The quantitative estimate of drug-likeness (QED) is 0.255. The van der Waals surface area contributed by atoms with E-state index in [0.29, 0.717) is 19.4 Å². The molecule has 1 aliphatic carbocycles. The summed E-state index contributed by atoms with van der Waals surface area (Å²) in [5, 5.41) is 19.7. The molecule has 0 amide bonds. The van der Waals surface area contributed by atoms with E-state index in [1.54, 1.807) is 0 Å². The minimum absolute atomic E-state index is 0.0618. The second kappa shape index (κ2) is 11.9. The topological polar surface area (TPSA) is 85.2 Å². The Morgan fingerprint density at radius 1 is 1.19 bits per heavy atom. The van der Waals surface area contributed by atoms with Crippen LogP contribution in [0, 0.1) is 11.8 Å². The Morgan fingerprint density at radius 3 is 2.55 bits per heavy atom. The molecule has 0 aromatic carbocycles. The lowest BCUT2D eigenvalue weighted by molar-refractivity contribution is -0.197. The first-order chi connectivity index (χ1) is 14.5. The molecule has 2 N–H and O–H groups in total. The van der Waals surface area contributed by atoms with Crippen LogP contribution >= 0.6 is 0 Å². The number of aliphatic hydroxyl groups is 1. The highest BCUT2D eigenvalue weighted by atomic mass is 28.4. The lowest BCUT2D eigenvalue weighted by atomic mass is 9.91. The molecule has 2 fully saturated rings. The molecule has 0 bridgehead atoms. The van der Waals surface area contributed by atoms with Crippen molar-refractivity contribution in [1.82, 2.24) is 0 Å². The van der Waals surface area contributed by atoms with Gasteiger partial charge in [-0.1, -0.05) is 32.9 Å². The summed E-state index contributed by atoms with van der Waals surface area (Å²) < 4.78 is 18.7. The average molecular weight is 457 g/mol. The Morgan fingerprint density at radius 2 is 1.94 bits per heavy atom. The molecule has 0 aromatic rings. The van der Waals surface area contributed by atoms with Crippen LogP contribution in [-0.2, 0) is 18.7 Å². The summed E-state index contributed by atoms with van der Waals surface area (Å²) in [6.07, 6.45) is 9.53. The molecule has 7 heteroatoms. The summed E-state index contributed by atoms with van der Waals surface area (Å²) in [6, 6.07) is 0. The van der Waals surface area contributed by atoms with E-state index in [1.165, 1.54) is 0 Å². The standard InChI is InChI=1S/C24H44O6Si/c1-24(2,3)31(4,5)29-17-19-18(12-8-6-7-9-13-22(26)27)20(25)16-21(19)30-23-14-10-11-15-28-23/h6,8,18-21,23,25H,7,9-17H2,1-5H3,(H,26,27)/t18-,19-,20+,21-,23?/m1/s1. The van der Waals surface area contributed by atoms with Crippen LogP contribution in [0.1, 0.15) is 72.1 Å². The van der Waals surface area contributed by atoms with Crippen LogP contribution in [0.2, 0.25) is 18.1 Å². The summed E-state index contributed by atoms with van der Waals surface area (Å²) in [4.78, 5) is 10.7. The van der Waals surface area contributed by atoms with Crippen LogP contribution in [0.4, 0.5) is 0 Å². The van der Waals surface area contributed by atoms with Gasteiger partial charge in [0.2, 0.25) is 0 Å². The maximum absolute atomic E-state index is 10.8. The summed E-state index contributed by atoms with van der Waals surface area (Å²) in [6.45, 7) is 12.6. The summed E-state index contributed by atoms with van der Waals surface area (Å²) in [7, 11) is -1.91. The molecule has 2 aliphatic rings. The maximum atomic E-state index is 10.8. The van der Waals surface area contributed by atoms with Gasteiger partial charge in [0.25, 0.3) is 0 Å². The molecule has 0 spiro atoms. The number of rotatable bonds is 11. The normalized spacial score (nSPS) is 30.2. The molecule has 31 heavy (non-hydrogen) atoms. The summed E-state index contributed by atoms with van der Waals surface area (Å²) in [5.74, 6) is -0.556. The molecule has 1 saturated heterocycles. The molecule has 0 aromatic heterocycles. The zero-order valence-electron chi connectivity index (χ0n) is 20.1. The van der Waals surface area contributed by atoms with Crippen LogP contribution in [0.15, 0.2) is 12.2 Å². The monoisotopic (exact) mass is 456 g/mol. The van der Waals surface area contributed by atoms with E-state index >= 15 is 0 Å². The number of carboxylic acid groups (broad SMARTS) is 1. The van der Waals surface area contributed by atoms with Crippen molar-refractivity contribution in [3.63, 3.8) is 0 Å². The first kappa shape index (κ1) is 26.5. The van der Waals surface area contributed by atoms with E-state index in [1.807, 2.05) is 6.08 Å². The van der Waals surface area contributed by atoms with Crippen molar-refractivity contribution in [2.24, 2.45) is 11.8 Å². The number of unbranched alkanes of at least 4 members (excludes halogenated alkanes) is 1. The van der Waals surface area contributed by atoms with E-state index in [0.717, 1.165) is 38.7 Å². The van der Waals surface area contributed by atoms with Gasteiger partial charge >= 0.3 is 5.97 Å². The molecule has 1 aliphatic heterocycles.